The second kappa shape index (κ2) is 1.63. The van der Waals surface area contributed by atoms with E-state index >= 15 is 0 Å². The fourth-order valence-electron chi connectivity index (χ4n) is 1.33. The highest BCUT2D eigenvalue weighted by Gasteiger charge is 2.26. The minimum absolute atomic E-state index is 0.147. The first-order valence-electron chi connectivity index (χ1n) is 3.25. The average Bonchev–Trinajstić information content (AvgIpc) is 2.64. The topological polar surface area (TPSA) is 75.0 Å². The van der Waals surface area contributed by atoms with Crippen molar-refractivity contribution >= 4 is 22.5 Å². The lowest BCUT2D eigenvalue weighted by atomic mass is 10.3. The molecule has 0 saturated heterocycles. The molecular weight excluding hydrogens is 164 g/mol. The Bertz CT molecular complexity index is 388. The van der Waals surface area contributed by atoms with E-state index in [9.17, 15) is 10.4 Å². The molecule has 0 radical (unpaired) electrons. The molecule has 3 heterocycles. The Hall–Kier alpha value is -1.50. The van der Waals surface area contributed by atoms with Gasteiger partial charge in [0.2, 0.25) is 0 Å². The molecule has 2 aromatic rings. The van der Waals surface area contributed by atoms with Gasteiger partial charge in [-0.05, 0) is 12.1 Å². The summed E-state index contributed by atoms with van der Waals surface area (Å²) < 4.78 is 5.06. The fraction of sp³-hybridized carbons (Fsp3) is 0. The van der Waals surface area contributed by atoms with E-state index in [-0.39, 0.29) is 21.8 Å². The van der Waals surface area contributed by atoms with Gasteiger partial charge in [-0.2, -0.15) is 4.94 Å². The monoisotopic (exact) mass is 166 g/mol. The molecule has 1 aliphatic heterocycles. The minimum atomic E-state index is 0.147. The summed E-state index contributed by atoms with van der Waals surface area (Å²) in [6, 6.07) is 3.23. The lowest BCUT2D eigenvalue weighted by Crippen LogP contribution is -2.17. The highest BCUT2D eigenvalue weighted by molar-refractivity contribution is 5.98. The molecule has 1 aliphatic rings. The molecule has 0 fully saturated rings. The van der Waals surface area contributed by atoms with Crippen molar-refractivity contribution in [2.45, 2.75) is 0 Å². The number of hydrogen-bond donors (Lipinski definition) is 0. The van der Waals surface area contributed by atoms with Crippen molar-refractivity contribution in [1.82, 2.24) is 0 Å². The molecule has 0 spiro atoms. The zero-order valence-corrected chi connectivity index (χ0v) is 5.68. The summed E-state index contributed by atoms with van der Waals surface area (Å²) in [7, 11) is 0. The van der Waals surface area contributed by atoms with Crippen LogP contribution in [0.15, 0.2) is 16.5 Å². The van der Waals surface area contributed by atoms with Gasteiger partial charge in [-0.1, -0.05) is 0 Å². The molecule has 2 aromatic heterocycles. The summed E-state index contributed by atoms with van der Waals surface area (Å²) in [6.07, 6.45) is 0. The number of fused-ring (bicyclic) bond motifs is 5. The SMILES string of the molecule is [O-]N1ON([O-])c2c1c1ccc2o1. The molecular formula is C6H2N2O4-2. The maximum absolute atomic E-state index is 10.9. The van der Waals surface area contributed by atoms with Gasteiger partial charge in [0.1, 0.15) is 11.4 Å². The minimum Gasteiger partial charge on any atom is -0.731 e. The van der Waals surface area contributed by atoms with Crippen LogP contribution >= 0.6 is 0 Å². The van der Waals surface area contributed by atoms with Crippen LogP contribution < -0.4 is 10.5 Å². The third-order valence-electron chi connectivity index (χ3n) is 1.81. The summed E-state index contributed by atoms with van der Waals surface area (Å²) in [5.41, 5.74) is 1.05. The molecule has 2 bridgehead atoms. The van der Waals surface area contributed by atoms with E-state index in [2.05, 4.69) is 4.94 Å². The summed E-state index contributed by atoms with van der Waals surface area (Å²) in [4.78, 5) is 4.23. The van der Waals surface area contributed by atoms with Gasteiger partial charge < -0.3 is 14.8 Å². The van der Waals surface area contributed by atoms with Gasteiger partial charge in [0, 0.05) is 0 Å². The number of hydrogen-bond acceptors (Lipinski definition) is 6. The number of benzene rings is 1. The molecule has 0 atom stereocenters. The van der Waals surface area contributed by atoms with E-state index in [4.69, 9.17) is 4.42 Å². The van der Waals surface area contributed by atoms with Crippen LogP contribution in [-0.2, 0) is 4.94 Å². The Morgan fingerprint density at radius 1 is 1.00 bits per heavy atom. The summed E-state index contributed by atoms with van der Waals surface area (Å²) in [5, 5.41) is 22.1. The van der Waals surface area contributed by atoms with Crippen LogP contribution in [0.3, 0.4) is 0 Å². The molecule has 0 aromatic carbocycles. The quantitative estimate of drug-likeness (QED) is 0.587. The smallest absolute Gasteiger partial charge is 0.154 e. The third-order valence-corrected chi connectivity index (χ3v) is 1.81. The molecule has 0 N–H and O–H groups in total. The van der Waals surface area contributed by atoms with Gasteiger partial charge in [0.05, 0.1) is 0 Å². The van der Waals surface area contributed by atoms with Gasteiger partial charge in [-0.25, -0.2) is 0 Å². The summed E-state index contributed by atoms with van der Waals surface area (Å²) in [5.74, 6) is 0. The molecule has 0 aliphatic carbocycles. The normalized spacial score (nSPS) is 16.5. The maximum atomic E-state index is 10.9. The Kier molecular flexibility index (Phi) is 0.825. The molecule has 0 unspecified atom stereocenters. The van der Waals surface area contributed by atoms with Crippen LogP contribution in [0.4, 0.5) is 11.4 Å². The first-order valence-corrected chi connectivity index (χ1v) is 3.25. The van der Waals surface area contributed by atoms with Crippen LogP contribution in [0.5, 0.6) is 0 Å². The Morgan fingerprint density at radius 3 is 2.00 bits per heavy atom. The van der Waals surface area contributed by atoms with Crippen LogP contribution in [0.25, 0.3) is 11.2 Å². The van der Waals surface area contributed by atoms with E-state index in [1.165, 1.54) is 0 Å². The molecule has 6 nitrogen and oxygen atoms in total. The van der Waals surface area contributed by atoms with Gasteiger partial charge in [0.15, 0.2) is 11.2 Å². The van der Waals surface area contributed by atoms with Crippen LogP contribution in [0.1, 0.15) is 0 Å². The Morgan fingerprint density at radius 2 is 1.50 bits per heavy atom. The number of nitrogens with zero attached hydrogens (tertiary/aromatic N) is 2. The summed E-state index contributed by atoms with van der Waals surface area (Å²) in [6.45, 7) is 0. The van der Waals surface area contributed by atoms with Gasteiger partial charge >= 0.3 is 0 Å². The highest BCUT2D eigenvalue weighted by atomic mass is 17.1. The third kappa shape index (κ3) is 0.482. The van der Waals surface area contributed by atoms with Crippen molar-refractivity contribution in [3.05, 3.63) is 22.5 Å². The van der Waals surface area contributed by atoms with Crippen molar-refractivity contribution < 1.29 is 9.36 Å². The molecule has 0 amide bonds. The number of furan rings is 2. The van der Waals surface area contributed by atoms with E-state index < -0.39 is 0 Å². The first-order chi connectivity index (χ1) is 5.77. The molecule has 3 rings (SSSR count). The lowest BCUT2D eigenvalue weighted by molar-refractivity contribution is 0.150. The molecule has 62 valence electrons. The van der Waals surface area contributed by atoms with Crippen LogP contribution in [0, 0.1) is 10.4 Å². The molecule has 6 heteroatoms. The number of anilines is 2. The van der Waals surface area contributed by atoms with Crippen LogP contribution in [-0.4, -0.2) is 0 Å². The van der Waals surface area contributed by atoms with E-state index in [0.717, 1.165) is 0 Å². The average molecular weight is 166 g/mol. The van der Waals surface area contributed by atoms with Gasteiger partial charge in [0.25, 0.3) is 0 Å². The zero-order chi connectivity index (χ0) is 8.29. The van der Waals surface area contributed by atoms with Crippen molar-refractivity contribution in [2.75, 3.05) is 10.5 Å². The standard InChI is InChI=1S/C6H2N2O4/c9-7-5-3-1-2-4(11-3)6(5)8(10)12-7/h1-2H/q-2. The van der Waals surface area contributed by atoms with E-state index in [1.807, 2.05) is 0 Å². The maximum Gasteiger partial charge on any atom is 0.154 e. The zero-order valence-electron chi connectivity index (χ0n) is 5.68. The van der Waals surface area contributed by atoms with Gasteiger partial charge in [-0.15, -0.1) is 0 Å². The van der Waals surface area contributed by atoms with Crippen molar-refractivity contribution in [3.63, 3.8) is 0 Å². The predicted octanol–water partition coefficient (Wildman–Crippen LogP) is 1.34. The molecule has 0 saturated carbocycles. The van der Waals surface area contributed by atoms with Gasteiger partial charge in [-0.3, -0.25) is 10.5 Å². The fourth-order valence-corrected chi connectivity index (χ4v) is 1.33. The predicted molar refractivity (Wildman–Crippen MR) is 40.2 cm³/mol. The lowest BCUT2D eigenvalue weighted by Gasteiger charge is -2.26. The Balaban J connectivity index is 2.39. The highest BCUT2D eigenvalue weighted by Crippen LogP contribution is 2.46. The largest absolute Gasteiger partial charge is 0.731 e. The second-order valence-corrected chi connectivity index (χ2v) is 2.46. The summed E-state index contributed by atoms with van der Waals surface area (Å²) >= 11 is 0. The van der Waals surface area contributed by atoms with E-state index in [0.29, 0.717) is 11.2 Å². The van der Waals surface area contributed by atoms with Crippen molar-refractivity contribution in [2.24, 2.45) is 0 Å². The second-order valence-electron chi connectivity index (χ2n) is 2.46. The van der Waals surface area contributed by atoms with Crippen LogP contribution in [0.2, 0.25) is 0 Å². The first kappa shape index (κ1) is 6.06. The Labute approximate surface area is 65.9 Å². The van der Waals surface area contributed by atoms with Crippen molar-refractivity contribution in [3.8, 4) is 0 Å². The molecule has 12 heavy (non-hydrogen) atoms. The van der Waals surface area contributed by atoms with E-state index in [1.54, 1.807) is 12.1 Å². The number of rotatable bonds is 0. The van der Waals surface area contributed by atoms with Crippen molar-refractivity contribution in [1.29, 1.82) is 0 Å².